The van der Waals surface area contributed by atoms with Gasteiger partial charge in [0, 0.05) is 44.3 Å². The predicted molar refractivity (Wildman–Crippen MR) is 153 cm³/mol. The highest BCUT2D eigenvalue weighted by molar-refractivity contribution is 8.02. The van der Waals surface area contributed by atoms with Gasteiger partial charge in [-0.2, -0.15) is 0 Å². The minimum absolute atomic E-state index is 0.0584. The zero-order valence-corrected chi connectivity index (χ0v) is 24.1. The highest BCUT2D eigenvalue weighted by Crippen LogP contribution is 2.51. The first-order valence-electron chi connectivity index (χ1n) is 14.2. The number of anilines is 1. The Balaban J connectivity index is 1.20. The Morgan fingerprint density at radius 3 is 2.53 bits per heavy atom. The Labute approximate surface area is 231 Å². The number of carbonyl (C=O) groups is 3. The molecule has 7 nitrogen and oxygen atoms in total. The topological polar surface area (TPSA) is 73.0 Å². The Hall–Kier alpha value is -2.48. The second kappa shape index (κ2) is 10.6. The Bertz CT molecular complexity index is 1110. The Morgan fingerprint density at radius 2 is 1.84 bits per heavy atom. The molecule has 0 bridgehead atoms. The van der Waals surface area contributed by atoms with Gasteiger partial charge in [-0.1, -0.05) is 58.0 Å². The lowest BCUT2D eigenvalue weighted by atomic mass is 9.80. The molecule has 2 unspecified atom stereocenters. The largest absolute Gasteiger partial charge is 0.342 e. The van der Waals surface area contributed by atoms with Crippen molar-refractivity contribution in [2.45, 2.75) is 88.9 Å². The number of piperidine rings is 1. The molecule has 2 saturated heterocycles. The lowest BCUT2D eigenvalue weighted by Crippen LogP contribution is -2.51. The van der Waals surface area contributed by atoms with Crippen molar-refractivity contribution >= 4 is 35.3 Å². The maximum atomic E-state index is 13.6. The van der Waals surface area contributed by atoms with Crippen LogP contribution in [-0.4, -0.2) is 68.3 Å². The molecule has 4 aliphatic rings. The maximum Gasteiger partial charge on any atom is 0.322 e. The van der Waals surface area contributed by atoms with Crippen molar-refractivity contribution in [3.8, 4) is 0 Å². The molecule has 1 aromatic carbocycles. The zero-order chi connectivity index (χ0) is 27.1. The summed E-state index contributed by atoms with van der Waals surface area (Å²) in [7, 11) is 0. The van der Waals surface area contributed by atoms with E-state index in [2.05, 4.69) is 56.1 Å². The third-order valence-corrected chi connectivity index (χ3v) is 10.3. The first kappa shape index (κ1) is 27.1. The second-order valence-electron chi connectivity index (χ2n) is 12.5. The predicted octanol–water partition coefficient (Wildman–Crippen LogP) is 5.48. The van der Waals surface area contributed by atoms with E-state index in [0.29, 0.717) is 25.6 Å². The first-order valence-corrected chi connectivity index (χ1v) is 15.1. The van der Waals surface area contributed by atoms with E-state index < -0.39 is 0 Å². The molecule has 8 heteroatoms. The van der Waals surface area contributed by atoms with Crippen LogP contribution in [0, 0.1) is 11.3 Å². The fourth-order valence-corrected chi connectivity index (χ4v) is 7.74. The first-order chi connectivity index (χ1) is 18.1. The smallest absolute Gasteiger partial charge is 0.322 e. The van der Waals surface area contributed by atoms with Crippen LogP contribution in [0.25, 0.3) is 0 Å². The molecule has 3 heterocycles. The molecule has 1 spiro atoms. The van der Waals surface area contributed by atoms with Gasteiger partial charge in [-0.25, -0.2) is 4.79 Å². The number of benzene rings is 1. The molecular formula is C30H42N4O3S. The summed E-state index contributed by atoms with van der Waals surface area (Å²) >= 11 is 1.69. The molecule has 5 rings (SSSR count). The zero-order valence-electron chi connectivity index (χ0n) is 23.2. The van der Waals surface area contributed by atoms with Crippen LogP contribution in [-0.2, 0) is 16.1 Å². The molecular weight excluding hydrogens is 496 g/mol. The molecule has 0 saturated carbocycles. The Morgan fingerprint density at radius 1 is 1.11 bits per heavy atom. The summed E-state index contributed by atoms with van der Waals surface area (Å²) < 4.78 is 0. The van der Waals surface area contributed by atoms with E-state index >= 15 is 0 Å². The Kier molecular flexibility index (Phi) is 7.55. The highest BCUT2D eigenvalue weighted by Gasteiger charge is 2.52. The van der Waals surface area contributed by atoms with E-state index in [9.17, 15) is 14.4 Å². The number of allylic oxidation sites excluding steroid dienone is 1. The van der Waals surface area contributed by atoms with E-state index in [-0.39, 0.29) is 45.8 Å². The summed E-state index contributed by atoms with van der Waals surface area (Å²) in [6.45, 7) is 11.5. The van der Waals surface area contributed by atoms with Gasteiger partial charge in [-0.05, 0) is 55.1 Å². The number of amides is 4. The van der Waals surface area contributed by atoms with Crippen molar-refractivity contribution < 1.29 is 14.4 Å². The molecule has 2 atom stereocenters. The van der Waals surface area contributed by atoms with Gasteiger partial charge in [0.2, 0.25) is 11.8 Å². The third-order valence-electron chi connectivity index (χ3n) is 8.68. The van der Waals surface area contributed by atoms with Gasteiger partial charge in [-0.3, -0.25) is 9.59 Å². The van der Waals surface area contributed by atoms with Gasteiger partial charge in [0.05, 0.1) is 5.25 Å². The third kappa shape index (κ3) is 5.47. The number of hydrogen-bond donors (Lipinski definition) is 1. The average molecular weight is 539 g/mol. The van der Waals surface area contributed by atoms with Crippen LogP contribution < -0.4 is 5.32 Å². The summed E-state index contributed by atoms with van der Waals surface area (Å²) in [5.74, 6) is 0.696. The minimum atomic E-state index is -0.331. The summed E-state index contributed by atoms with van der Waals surface area (Å²) in [5.41, 5.74) is 2.15. The fourth-order valence-electron chi connectivity index (χ4n) is 6.12. The van der Waals surface area contributed by atoms with Crippen LogP contribution in [0.5, 0.6) is 0 Å². The number of carbonyl (C=O) groups excluding carboxylic acids is 3. The molecule has 38 heavy (non-hydrogen) atoms. The highest BCUT2D eigenvalue weighted by atomic mass is 32.2. The number of hydrogen-bond acceptors (Lipinski definition) is 4. The quantitative estimate of drug-likeness (QED) is 0.487. The van der Waals surface area contributed by atoms with Crippen molar-refractivity contribution in [1.82, 2.24) is 14.7 Å². The molecule has 1 aliphatic carbocycles. The average Bonchev–Trinajstić information content (AvgIpc) is 3.14. The second-order valence-corrected chi connectivity index (χ2v) is 14.0. The van der Waals surface area contributed by atoms with Gasteiger partial charge < -0.3 is 20.0 Å². The van der Waals surface area contributed by atoms with E-state index in [1.165, 1.54) is 0 Å². The lowest BCUT2D eigenvalue weighted by molar-refractivity contribution is -0.137. The van der Waals surface area contributed by atoms with Crippen LogP contribution in [0.3, 0.4) is 0 Å². The van der Waals surface area contributed by atoms with Crippen molar-refractivity contribution in [2.24, 2.45) is 11.3 Å². The molecule has 1 N–H and O–H groups in total. The number of likely N-dealkylation sites (tertiary alicyclic amines) is 1. The van der Waals surface area contributed by atoms with Crippen LogP contribution in [0.15, 0.2) is 36.4 Å². The standard InChI is InChI=1S/C30H42N4O3S/c1-21(2)9-18-34-27(36)25(38-30(34)14-12-29(3,4)13-15-30)19-26(35)32-16-10-23(11-17-32)33-20-22-7-5-6-8-24(22)31-28(33)37/h5-8,12,14,21,23,25H,9-11,13,15-20H2,1-4H3,(H,31,37). The maximum absolute atomic E-state index is 13.6. The normalized spacial score (nSPS) is 27.3. The number of thioether (sulfide) groups is 1. The SMILES string of the molecule is CC(C)CCN1C(=O)C(CC(=O)N2CCC(N3Cc4ccccc4NC3=O)CC2)SC12C=CC(C)(C)CC2. The van der Waals surface area contributed by atoms with Crippen molar-refractivity contribution in [2.75, 3.05) is 25.0 Å². The van der Waals surface area contributed by atoms with Crippen LogP contribution in [0.2, 0.25) is 0 Å². The van der Waals surface area contributed by atoms with Gasteiger partial charge in [-0.15, -0.1) is 11.8 Å². The lowest BCUT2D eigenvalue weighted by Gasteiger charge is -2.41. The number of para-hydroxylation sites is 1. The number of nitrogens with one attached hydrogen (secondary N) is 1. The molecule has 4 amide bonds. The van der Waals surface area contributed by atoms with E-state index in [1.54, 1.807) is 11.8 Å². The fraction of sp³-hybridized carbons (Fsp3) is 0.633. The van der Waals surface area contributed by atoms with Crippen LogP contribution >= 0.6 is 11.8 Å². The van der Waals surface area contributed by atoms with E-state index in [0.717, 1.165) is 49.9 Å². The van der Waals surface area contributed by atoms with Gasteiger partial charge >= 0.3 is 6.03 Å². The van der Waals surface area contributed by atoms with Crippen molar-refractivity contribution in [3.63, 3.8) is 0 Å². The molecule has 0 aromatic heterocycles. The number of urea groups is 1. The molecule has 1 aromatic rings. The number of nitrogens with zero attached hydrogens (tertiary/aromatic N) is 3. The molecule has 2 fully saturated rings. The van der Waals surface area contributed by atoms with Gasteiger partial charge in [0.25, 0.3) is 0 Å². The van der Waals surface area contributed by atoms with Crippen LogP contribution in [0.1, 0.15) is 71.8 Å². The molecule has 3 aliphatic heterocycles. The number of fused-ring (bicyclic) bond motifs is 1. The molecule has 206 valence electrons. The monoisotopic (exact) mass is 538 g/mol. The minimum Gasteiger partial charge on any atom is -0.342 e. The molecule has 0 radical (unpaired) electrons. The van der Waals surface area contributed by atoms with Crippen LogP contribution in [0.4, 0.5) is 10.5 Å². The van der Waals surface area contributed by atoms with E-state index in [4.69, 9.17) is 0 Å². The van der Waals surface area contributed by atoms with Gasteiger partial charge in [0.15, 0.2) is 0 Å². The summed E-state index contributed by atoms with van der Waals surface area (Å²) in [6, 6.07) is 7.97. The van der Waals surface area contributed by atoms with Crippen molar-refractivity contribution in [1.29, 1.82) is 0 Å². The number of rotatable bonds is 6. The summed E-state index contributed by atoms with van der Waals surface area (Å²) in [4.78, 5) is 45.3. The van der Waals surface area contributed by atoms with Gasteiger partial charge in [0.1, 0.15) is 4.87 Å². The van der Waals surface area contributed by atoms with E-state index in [1.807, 2.05) is 28.0 Å². The van der Waals surface area contributed by atoms with Crippen molar-refractivity contribution in [3.05, 3.63) is 42.0 Å². The summed E-state index contributed by atoms with van der Waals surface area (Å²) in [5, 5.41) is 2.67. The summed E-state index contributed by atoms with van der Waals surface area (Å²) in [6.07, 6.45) is 9.22.